The van der Waals surface area contributed by atoms with Gasteiger partial charge in [-0.15, -0.1) is 11.3 Å². The van der Waals surface area contributed by atoms with Gasteiger partial charge in [-0.05, 0) is 42.5 Å². The summed E-state index contributed by atoms with van der Waals surface area (Å²) in [6, 6.07) is 11.6. The highest BCUT2D eigenvalue weighted by Gasteiger charge is 2.16. The van der Waals surface area contributed by atoms with Crippen LogP contribution in [0.15, 0.2) is 60.2 Å². The number of benzene rings is 2. The van der Waals surface area contributed by atoms with Crippen LogP contribution in [-0.4, -0.2) is 21.9 Å². The van der Waals surface area contributed by atoms with E-state index in [1.165, 1.54) is 35.9 Å². The Bertz CT molecular complexity index is 1240. The van der Waals surface area contributed by atoms with Crippen molar-refractivity contribution in [3.8, 4) is 0 Å². The molecule has 0 atom stereocenters. The van der Waals surface area contributed by atoms with Crippen LogP contribution in [0.5, 0.6) is 0 Å². The lowest BCUT2D eigenvalue weighted by Gasteiger charge is -2.09. The van der Waals surface area contributed by atoms with Crippen molar-refractivity contribution < 1.29 is 14.0 Å². The van der Waals surface area contributed by atoms with Crippen LogP contribution >= 0.6 is 11.3 Å². The summed E-state index contributed by atoms with van der Waals surface area (Å²) in [5.74, 6) is -0.540. The molecule has 0 aliphatic heterocycles. The zero-order chi connectivity index (χ0) is 21.1. The van der Waals surface area contributed by atoms with E-state index in [2.05, 4.69) is 25.9 Å². The average molecular weight is 422 g/mol. The maximum absolute atomic E-state index is 13.2. The lowest BCUT2D eigenvalue weighted by atomic mass is 10.2. The van der Waals surface area contributed by atoms with Crippen LogP contribution in [0.3, 0.4) is 0 Å². The van der Waals surface area contributed by atoms with Gasteiger partial charge in [0.25, 0.3) is 5.91 Å². The highest BCUT2D eigenvalue weighted by molar-refractivity contribution is 7.17. The van der Waals surface area contributed by atoms with E-state index in [-0.39, 0.29) is 11.7 Å². The fraction of sp³-hybridized carbons (Fsp3) is 0. The molecule has 0 unspecified atom stereocenters. The Morgan fingerprint density at radius 1 is 0.933 bits per heavy atom. The second-order valence-electron chi connectivity index (χ2n) is 6.21. The van der Waals surface area contributed by atoms with E-state index in [4.69, 9.17) is 5.73 Å². The molecule has 0 aliphatic rings. The minimum absolute atomic E-state index is 0.246. The first-order valence-corrected chi connectivity index (χ1v) is 9.60. The molecule has 4 aromatic rings. The molecule has 0 fully saturated rings. The quantitative estimate of drug-likeness (QED) is 0.390. The third-order valence-corrected chi connectivity index (χ3v) is 5.01. The van der Waals surface area contributed by atoms with Crippen molar-refractivity contribution in [3.05, 3.63) is 71.6 Å². The summed E-state index contributed by atoms with van der Waals surface area (Å²) in [7, 11) is 0. The highest BCUT2D eigenvalue weighted by atomic mass is 32.1. The smallest absolute Gasteiger partial charge is 0.323 e. The average Bonchev–Trinajstić information content (AvgIpc) is 3.15. The second kappa shape index (κ2) is 8.13. The highest BCUT2D eigenvalue weighted by Crippen LogP contribution is 2.28. The normalized spacial score (nSPS) is 10.6. The van der Waals surface area contributed by atoms with Gasteiger partial charge in [0.15, 0.2) is 0 Å². The van der Waals surface area contributed by atoms with Crippen molar-refractivity contribution >= 4 is 56.4 Å². The molecular formula is C20H15FN6O2S. The van der Waals surface area contributed by atoms with Crippen LogP contribution in [0.1, 0.15) is 10.4 Å². The first-order chi connectivity index (χ1) is 14.5. The summed E-state index contributed by atoms with van der Waals surface area (Å²) in [4.78, 5) is 33.3. The summed E-state index contributed by atoms with van der Waals surface area (Å²) in [6.45, 7) is 0. The molecule has 10 heteroatoms. The number of fused-ring (bicyclic) bond motifs is 1. The predicted octanol–water partition coefficient (Wildman–Crippen LogP) is 4.31. The van der Waals surface area contributed by atoms with Gasteiger partial charge >= 0.3 is 6.03 Å². The van der Waals surface area contributed by atoms with E-state index in [0.29, 0.717) is 32.8 Å². The van der Waals surface area contributed by atoms with Crippen LogP contribution in [0, 0.1) is 5.82 Å². The minimum atomic E-state index is -0.516. The largest absolute Gasteiger partial charge is 0.383 e. The monoisotopic (exact) mass is 422 g/mol. The van der Waals surface area contributed by atoms with Crippen molar-refractivity contribution in [2.45, 2.75) is 0 Å². The van der Waals surface area contributed by atoms with E-state index < -0.39 is 11.8 Å². The van der Waals surface area contributed by atoms with E-state index in [9.17, 15) is 14.0 Å². The number of urea groups is 1. The molecule has 2 aromatic carbocycles. The van der Waals surface area contributed by atoms with Crippen molar-refractivity contribution in [3.63, 3.8) is 0 Å². The molecule has 3 amide bonds. The Kier molecular flexibility index (Phi) is 5.22. The standard InChI is InChI=1S/C20H15FN6O2S/c21-11-2-1-3-14(8-11)27-20(29)26-13-6-4-12(5-7-13)25-18(28)15-9-30-19-16(15)17(22)23-10-24-19/h1-10H,(H,25,28)(H2,22,23,24)(H2,26,27,29). The summed E-state index contributed by atoms with van der Waals surface area (Å²) in [5.41, 5.74) is 7.63. The molecule has 2 heterocycles. The zero-order valence-electron chi connectivity index (χ0n) is 15.3. The van der Waals surface area contributed by atoms with Crippen molar-refractivity contribution in [1.29, 1.82) is 0 Å². The van der Waals surface area contributed by atoms with E-state index in [1.54, 1.807) is 35.7 Å². The van der Waals surface area contributed by atoms with Gasteiger partial charge in [0.2, 0.25) is 0 Å². The number of hydrogen-bond donors (Lipinski definition) is 4. The molecular weight excluding hydrogens is 407 g/mol. The summed E-state index contributed by atoms with van der Waals surface area (Å²) < 4.78 is 13.2. The second-order valence-corrected chi connectivity index (χ2v) is 7.07. The van der Waals surface area contributed by atoms with E-state index in [0.717, 1.165) is 0 Å². The molecule has 0 bridgehead atoms. The number of amides is 3. The molecule has 150 valence electrons. The molecule has 8 nitrogen and oxygen atoms in total. The fourth-order valence-electron chi connectivity index (χ4n) is 2.76. The van der Waals surface area contributed by atoms with Gasteiger partial charge < -0.3 is 21.7 Å². The van der Waals surface area contributed by atoms with Crippen LogP contribution in [-0.2, 0) is 0 Å². The molecule has 0 saturated heterocycles. The molecule has 0 aliphatic carbocycles. The number of carbonyl (C=O) groups excluding carboxylic acids is 2. The number of nitrogen functional groups attached to an aromatic ring is 1. The number of carbonyl (C=O) groups is 2. The number of nitrogens with zero attached hydrogens (tertiary/aromatic N) is 2. The number of anilines is 4. The molecule has 0 radical (unpaired) electrons. The number of nitrogens with one attached hydrogen (secondary N) is 3. The fourth-order valence-corrected chi connectivity index (χ4v) is 3.66. The number of hydrogen-bond acceptors (Lipinski definition) is 6. The Hall–Kier alpha value is -4.05. The Labute approximate surface area is 174 Å². The Balaban J connectivity index is 1.41. The van der Waals surface area contributed by atoms with Crippen LogP contribution < -0.4 is 21.7 Å². The zero-order valence-corrected chi connectivity index (χ0v) is 16.2. The minimum Gasteiger partial charge on any atom is -0.383 e. The molecule has 4 rings (SSSR count). The predicted molar refractivity (Wildman–Crippen MR) is 115 cm³/mol. The van der Waals surface area contributed by atoms with Gasteiger partial charge in [-0.2, -0.15) is 0 Å². The maximum atomic E-state index is 13.2. The lowest BCUT2D eigenvalue weighted by Crippen LogP contribution is -2.19. The molecule has 2 aromatic heterocycles. The van der Waals surface area contributed by atoms with Gasteiger partial charge in [-0.1, -0.05) is 6.07 Å². The van der Waals surface area contributed by atoms with Crippen LogP contribution in [0.2, 0.25) is 0 Å². The van der Waals surface area contributed by atoms with Gasteiger partial charge in [0.1, 0.15) is 22.8 Å². The van der Waals surface area contributed by atoms with Gasteiger partial charge in [-0.25, -0.2) is 19.2 Å². The SMILES string of the molecule is Nc1ncnc2scc(C(=O)Nc3ccc(NC(=O)Nc4cccc(F)c4)cc3)c12. The van der Waals surface area contributed by atoms with Crippen molar-refractivity contribution in [1.82, 2.24) is 9.97 Å². The topological polar surface area (TPSA) is 122 Å². The van der Waals surface area contributed by atoms with Gasteiger partial charge in [0, 0.05) is 22.4 Å². The van der Waals surface area contributed by atoms with Crippen LogP contribution in [0.4, 0.5) is 32.1 Å². The lowest BCUT2D eigenvalue weighted by molar-refractivity contribution is 0.102. The Morgan fingerprint density at radius 3 is 2.37 bits per heavy atom. The molecule has 0 saturated carbocycles. The Morgan fingerprint density at radius 2 is 1.63 bits per heavy atom. The maximum Gasteiger partial charge on any atom is 0.323 e. The van der Waals surface area contributed by atoms with E-state index in [1.807, 2.05) is 0 Å². The third kappa shape index (κ3) is 4.18. The van der Waals surface area contributed by atoms with Crippen molar-refractivity contribution in [2.75, 3.05) is 21.7 Å². The van der Waals surface area contributed by atoms with E-state index >= 15 is 0 Å². The molecule has 30 heavy (non-hydrogen) atoms. The summed E-state index contributed by atoms with van der Waals surface area (Å²) in [6.07, 6.45) is 1.35. The third-order valence-electron chi connectivity index (χ3n) is 4.13. The number of nitrogens with two attached hydrogens (primary N) is 1. The van der Waals surface area contributed by atoms with Crippen molar-refractivity contribution in [2.24, 2.45) is 0 Å². The van der Waals surface area contributed by atoms with Gasteiger partial charge in [-0.3, -0.25) is 4.79 Å². The van der Waals surface area contributed by atoms with Gasteiger partial charge in [0.05, 0.1) is 10.9 Å². The van der Waals surface area contributed by atoms with Crippen LogP contribution in [0.25, 0.3) is 10.2 Å². The number of aromatic nitrogens is 2. The number of halogens is 1. The molecule has 0 spiro atoms. The number of rotatable bonds is 4. The number of thiophene rings is 1. The first-order valence-electron chi connectivity index (χ1n) is 8.72. The summed E-state index contributed by atoms with van der Waals surface area (Å²) in [5, 5.41) is 10.1. The molecule has 5 N–H and O–H groups in total. The first kappa shape index (κ1) is 19.3. The summed E-state index contributed by atoms with van der Waals surface area (Å²) >= 11 is 1.31.